The Hall–Kier alpha value is -3.01. The normalized spacial score (nSPS) is 14.8. The van der Waals surface area contributed by atoms with Gasteiger partial charge < -0.3 is 15.5 Å². The van der Waals surface area contributed by atoms with E-state index in [0.29, 0.717) is 23.7 Å². The summed E-state index contributed by atoms with van der Waals surface area (Å²) in [5.74, 6) is -0.0925. The Morgan fingerprint density at radius 2 is 1.89 bits per heavy atom. The number of rotatable bonds is 7. The summed E-state index contributed by atoms with van der Waals surface area (Å²) in [5, 5.41) is 14.4. The highest BCUT2D eigenvalue weighted by Gasteiger charge is 2.21. The number of hydrogen-bond donors (Lipinski definition) is 3. The van der Waals surface area contributed by atoms with Gasteiger partial charge in [-0.25, -0.2) is 4.98 Å². The van der Waals surface area contributed by atoms with E-state index in [4.69, 9.17) is 28.6 Å². The second kappa shape index (κ2) is 12.1. The fraction of sp³-hybridized carbons (Fsp3) is 0.208. The number of nitrogens with one attached hydrogen (secondary N) is 3. The van der Waals surface area contributed by atoms with Gasteiger partial charge in [0, 0.05) is 29.9 Å². The van der Waals surface area contributed by atoms with Gasteiger partial charge in [0.2, 0.25) is 0 Å². The largest absolute Gasteiger partial charge is 0.357 e. The van der Waals surface area contributed by atoms with E-state index in [1.54, 1.807) is 12.1 Å². The number of nitrogens with zero attached hydrogens (tertiary/aromatic N) is 2. The molecule has 0 aliphatic carbocycles. The van der Waals surface area contributed by atoms with Gasteiger partial charge in [-0.05, 0) is 71.7 Å². The van der Waals surface area contributed by atoms with Gasteiger partial charge in [0.05, 0.1) is 16.3 Å². The quantitative estimate of drug-likeness (QED) is 0.159. The number of likely N-dealkylation sites (N-methyl/N-ethyl adjacent to an activating group) is 1. The summed E-state index contributed by atoms with van der Waals surface area (Å²) in [4.78, 5) is 31.6. The lowest BCUT2D eigenvalue weighted by Crippen LogP contribution is -2.32. The molecule has 1 aromatic heterocycles. The second-order valence-corrected chi connectivity index (χ2v) is 9.97. The number of carbonyl (C=O) groups is 2. The lowest BCUT2D eigenvalue weighted by Gasteiger charge is -2.24. The van der Waals surface area contributed by atoms with Crippen molar-refractivity contribution >= 4 is 67.3 Å². The van der Waals surface area contributed by atoms with Crippen LogP contribution >= 0.6 is 33.7 Å². The van der Waals surface area contributed by atoms with Crippen molar-refractivity contribution in [2.24, 2.45) is 0 Å². The highest BCUT2D eigenvalue weighted by molar-refractivity contribution is 8.31. The van der Waals surface area contributed by atoms with Crippen LogP contribution in [0.1, 0.15) is 30.6 Å². The summed E-state index contributed by atoms with van der Waals surface area (Å²) in [6.07, 6.45) is 5.03. The summed E-state index contributed by atoms with van der Waals surface area (Å²) in [5.41, 5.74) is 0.655. The fourth-order valence-corrected chi connectivity index (χ4v) is 4.70. The Kier molecular flexibility index (Phi) is 9.20. The van der Waals surface area contributed by atoms with Gasteiger partial charge in [0.1, 0.15) is 11.7 Å². The van der Waals surface area contributed by atoms with Crippen LogP contribution in [0.5, 0.6) is 0 Å². The van der Waals surface area contributed by atoms with Crippen LogP contribution in [0.25, 0.3) is 0 Å². The number of amidine groups is 1. The summed E-state index contributed by atoms with van der Waals surface area (Å²) in [7, 11) is -1.52. The average molecular weight is 536 g/mol. The summed E-state index contributed by atoms with van der Waals surface area (Å²) in [6.45, 7) is 5.24. The number of benzene rings is 1. The van der Waals surface area contributed by atoms with Crippen molar-refractivity contribution in [1.82, 2.24) is 9.88 Å². The molecular formula is C24H24Cl2FN5O2S. The first-order valence-electron chi connectivity index (χ1n) is 10.8. The van der Waals surface area contributed by atoms with Crippen molar-refractivity contribution in [2.75, 3.05) is 23.7 Å². The van der Waals surface area contributed by atoms with Gasteiger partial charge in [-0.15, -0.1) is 0 Å². The molecule has 1 aliphatic heterocycles. The molecule has 0 radical (unpaired) electrons. The molecule has 3 rings (SSSR count). The molecule has 1 unspecified atom stereocenters. The van der Waals surface area contributed by atoms with E-state index < -0.39 is 26.7 Å². The van der Waals surface area contributed by atoms with E-state index in [2.05, 4.69) is 15.6 Å². The van der Waals surface area contributed by atoms with E-state index in [9.17, 15) is 14.0 Å². The first kappa shape index (κ1) is 26.6. The molecule has 35 heavy (non-hydrogen) atoms. The van der Waals surface area contributed by atoms with E-state index in [-0.39, 0.29) is 27.9 Å². The van der Waals surface area contributed by atoms with Crippen LogP contribution in [0.3, 0.4) is 0 Å². The minimum Gasteiger partial charge on any atom is -0.357 e. The van der Waals surface area contributed by atoms with Crippen molar-refractivity contribution in [1.29, 1.82) is 5.41 Å². The maximum atomic E-state index is 14.9. The number of aromatic nitrogens is 1. The Bertz CT molecular complexity index is 1240. The number of anilines is 2. The molecule has 3 N–H and O–H groups in total. The zero-order valence-corrected chi connectivity index (χ0v) is 21.4. The van der Waals surface area contributed by atoms with Crippen LogP contribution in [0.4, 0.5) is 20.7 Å². The monoisotopic (exact) mass is 535 g/mol. The Labute approximate surface area is 215 Å². The third-order valence-electron chi connectivity index (χ3n) is 4.96. The lowest BCUT2D eigenvalue weighted by molar-refractivity contribution is 0.102. The van der Waals surface area contributed by atoms with Crippen molar-refractivity contribution in [3.8, 4) is 0 Å². The highest BCUT2D eigenvalue weighted by Crippen LogP contribution is 2.30. The lowest BCUT2D eigenvalue weighted by atomic mass is 10.1. The number of pyridine rings is 1. The molecule has 2 amide bonds. The van der Waals surface area contributed by atoms with Crippen molar-refractivity contribution in [3.63, 3.8) is 0 Å². The summed E-state index contributed by atoms with van der Waals surface area (Å²) >= 11 is 11.9. The van der Waals surface area contributed by atoms with E-state index >= 15 is 0 Å². The van der Waals surface area contributed by atoms with E-state index in [1.807, 2.05) is 18.7 Å². The van der Waals surface area contributed by atoms with Gasteiger partial charge >= 0.3 is 0 Å². The third kappa shape index (κ3) is 6.78. The fourth-order valence-electron chi connectivity index (χ4n) is 3.23. The first-order valence-corrected chi connectivity index (χ1v) is 12.8. The molecule has 7 nitrogen and oxygen atoms in total. The predicted octanol–water partition coefficient (Wildman–Crippen LogP) is 6.70. The maximum Gasteiger partial charge on any atom is 0.284 e. The summed E-state index contributed by atoms with van der Waals surface area (Å²) < 4.78 is 14.9. The Morgan fingerprint density at radius 3 is 2.51 bits per heavy atom. The number of amides is 2. The zero-order chi connectivity index (χ0) is 25.5. The molecule has 0 bridgehead atoms. The molecule has 1 atom stereocenters. The Morgan fingerprint density at radius 1 is 1.14 bits per heavy atom. The molecule has 0 fully saturated rings. The molecule has 1 aliphatic rings. The van der Waals surface area contributed by atoms with Gasteiger partial charge in [0.25, 0.3) is 11.1 Å². The molecule has 184 valence electrons. The van der Waals surface area contributed by atoms with Crippen LogP contribution in [0, 0.1) is 5.41 Å². The van der Waals surface area contributed by atoms with Crippen LogP contribution < -0.4 is 10.6 Å². The molecular weight excluding hydrogens is 512 g/mol. The van der Waals surface area contributed by atoms with Crippen LogP contribution in [-0.4, -0.2) is 45.1 Å². The smallest absolute Gasteiger partial charge is 0.284 e. The minimum absolute atomic E-state index is 0.0868. The molecule has 11 heteroatoms. The van der Waals surface area contributed by atoms with E-state index in [0.717, 1.165) is 6.42 Å². The highest BCUT2D eigenvalue weighted by atomic mass is 35.5. The van der Waals surface area contributed by atoms with Gasteiger partial charge in [-0.3, -0.25) is 15.0 Å². The molecule has 0 saturated heterocycles. The van der Waals surface area contributed by atoms with Crippen molar-refractivity contribution in [3.05, 3.63) is 75.3 Å². The zero-order valence-electron chi connectivity index (χ0n) is 19.1. The van der Waals surface area contributed by atoms with Gasteiger partial charge in [0.15, 0.2) is 5.12 Å². The van der Waals surface area contributed by atoms with Crippen LogP contribution in [-0.2, 0) is 0 Å². The van der Waals surface area contributed by atoms with Gasteiger partial charge in [-0.2, -0.15) is 4.39 Å². The predicted molar refractivity (Wildman–Crippen MR) is 144 cm³/mol. The molecule has 0 saturated carbocycles. The van der Waals surface area contributed by atoms with E-state index in [1.165, 1.54) is 41.9 Å². The van der Waals surface area contributed by atoms with Crippen LogP contribution in [0.2, 0.25) is 10.0 Å². The number of halogens is 3. The second-order valence-electron chi connectivity index (χ2n) is 7.39. The van der Waals surface area contributed by atoms with Crippen molar-refractivity contribution < 1.29 is 14.0 Å². The topological polar surface area (TPSA) is 98.2 Å². The SMILES string of the molecule is CCCN(CC)C(=N)C1=CC(F)=S(C(=O)Nc2ccc(Cl)cc2C(=O)Nc2ccc(Cl)cn2)C=C1. The molecule has 1 aromatic carbocycles. The minimum atomic E-state index is -1.52. The first-order chi connectivity index (χ1) is 16.7. The molecule has 0 spiro atoms. The maximum absolute atomic E-state index is 14.9. The van der Waals surface area contributed by atoms with Crippen LogP contribution in [0.15, 0.2) is 59.7 Å². The average Bonchev–Trinajstić information content (AvgIpc) is 2.84. The number of carbonyl (C=O) groups excluding carboxylic acids is 2. The third-order valence-corrected chi connectivity index (χ3v) is 6.87. The Balaban J connectivity index is 1.81. The van der Waals surface area contributed by atoms with Crippen molar-refractivity contribution in [2.45, 2.75) is 20.3 Å². The molecule has 2 aromatic rings. The number of hydrogen-bond acceptors (Lipinski definition) is 4. The standard InChI is InChI=1S/C24H24Cl2FN5O2S/c1-3-10-32(4-2)22(28)15-9-11-35(20(27)12-15)24(34)30-19-7-5-16(25)13-18(19)23(33)31-21-8-6-17(26)14-29-21/h5-9,11-14,28H,3-4,10H2,1-2H3,(H,30,34)(H,29,31,33). The molecule has 2 heterocycles. The van der Waals surface area contributed by atoms with Gasteiger partial charge in [-0.1, -0.05) is 30.1 Å². The summed E-state index contributed by atoms with van der Waals surface area (Å²) in [6, 6.07) is 7.49. The number of allylic oxidation sites excluding steroid dienone is 1.